The molecule has 1 atom stereocenters. The van der Waals surface area contributed by atoms with Crippen molar-refractivity contribution in [2.45, 2.75) is 13.0 Å². The molecule has 0 amide bonds. The maximum atomic E-state index is 8.81. The molecule has 0 N–H and O–H groups in total. The van der Waals surface area contributed by atoms with Crippen molar-refractivity contribution >= 4 is 0 Å². The highest BCUT2D eigenvalue weighted by atomic mass is 16.5. The first kappa shape index (κ1) is 11.2. The van der Waals surface area contributed by atoms with Crippen LogP contribution in [-0.2, 0) is 0 Å². The van der Waals surface area contributed by atoms with Crippen molar-refractivity contribution in [3.05, 3.63) is 65.7 Å². The lowest BCUT2D eigenvalue weighted by Crippen LogP contribution is -2.02. The van der Waals surface area contributed by atoms with Crippen molar-refractivity contribution < 1.29 is 4.74 Å². The average Bonchev–Trinajstić information content (AvgIpc) is 2.40. The summed E-state index contributed by atoms with van der Waals surface area (Å²) in [5.41, 5.74) is 1.73. The van der Waals surface area contributed by atoms with Crippen LogP contribution in [0.1, 0.15) is 24.2 Å². The molecule has 0 radical (unpaired) electrons. The molecule has 2 rings (SSSR count). The smallest absolute Gasteiger partial charge is 0.121 e. The van der Waals surface area contributed by atoms with Crippen LogP contribution in [-0.4, -0.2) is 0 Å². The summed E-state index contributed by atoms with van der Waals surface area (Å²) >= 11 is 0. The number of hydrogen-bond acceptors (Lipinski definition) is 2. The largest absolute Gasteiger partial charge is 0.486 e. The number of hydrogen-bond donors (Lipinski definition) is 0. The Morgan fingerprint density at radius 3 is 2.53 bits per heavy atom. The number of nitrogens with zero attached hydrogens (tertiary/aromatic N) is 1. The zero-order valence-electron chi connectivity index (χ0n) is 9.63. The van der Waals surface area contributed by atoms with Crippen LogP contribution < -0.4 is 4.74 Å². The highest BCUT2D eigenvalue weighted by molar-refractivity contribution is 5.36. The van der Waals surface area contributed by atoms with E-state index in [4.69, 9.17) is 10.00 Å². The minimum absolute atomic E-state index is 0.0230. The van der Waals surface area contributed by atoms with Crippen LogP contribution in [0.25, 0.3) is 0 Å². The quantitative estimate of drug-likeness (QED) is 0.794. The van der Waals surface area contributed by atoms with Crippen LogP contribution in [0, 0.1) is 11.3 Å². The lowest BCUT2D eigenvalue weighted by Gasteiger charge is -2.14. The maximum Gasteiger partial charge on any atom is 0.121 e. The summed E-state index contributed by atoms with van der Waals surface area (Å²) in [4.78, 5) is 0. The van der Waals surface area contributed by atoms with Crippen molar-refractivity contribution in [1.29, 1.82) is 5.26 Å². The predicted molar refractivity (Wildman–Crippen MR) is 66.6 cm³/mol. The van der Waals surface area contributed by atoms with Gasteiger partial charge in [0.05, 0.1) is 11.6 Å². The van der Waals surface area contributed by atoms with E-state index in [9.17, 15) is 0 Å². The van der Waals surface area contributed by atoms with Crippen molar-refractivity contribution in [3.8, 4) is 11.8 Å². The van der Waals surface area contributed by atoms with Crippen LogP contribution in [0.3, 0.4) is 0 Å². The molecular weight excluding hydrogens is 210 g/mol. The summed E-state index contributed by atoms with van der Waals surface area (Å²) in [7, 11) is 0. The molecule has 2 heteroatoms. The van der Waals surface area contributed by atoms with Gasteiger partial charge in [0.25, 0.3) is 0 Å². The third kappa shape index (κ3) is 2.85. The van der Waals surface area contributed by atoms with Crippen LogP contribution in [0.15, 0.2) is 54.6 Å². The Kier molecular flexibility index (Phi) is 3.42. The van der Waals surface area contributed by atoms with Gasteiger partial charge in [-0.1, -0.05) is 36.4 Å². The second kappa shape index (κ2) is 5.18. The van der Waals surface area contributed by atoms with E-state index in [1.807, 2.05) is 49.4 Å². The topological polar surface area (TPSA) is 33.0 Å². The molecule has 84 valence electrons. The highest BCUT2D eigenvalue weighted by Crippen LogP contribution is 2.21. The fourth-order valence-corrected chi connectivity index (χ4v) is 1.64. The monoisotopic (exact) mass is 223 g/mol. The molecule has 1 unspecified atom stereocenters. The zero-order chi connectivity index (χ0) is 12.1. The van der Waals surface area contributed by atoms with Crippen molar-refractivity contribution in [3.63, 3.8) is 0 Å². The normalized spacial score (nSPS) is 11.5. The van der Waals surface area contributed by atoms with E-state index in [2.05, 4.69) is 6.07 Å². The minimum atomic E-state index is -0.0230. The summed E-state index contributed by atoms with van der Waals surface area (Å²) in [6, 6.07) is 19.3. The summed E-state index contributed by atoms with van der Waals surface area (Å²) < 4.78 is 5.79. The van der Waals surface area contributed by atoms with Gasteiger partial charge >= 0.3 is 0 Å². The minimum Gasteiger partial charge on any atom is -0.486 e. The van der Waals surface area contributed by atoms with Crippen molar-refractivity contribution in [2.75, 3.05) is 0 Å². The first-order valence-electron chi connectivity index (χ1n) is 5.51. The van der Waals surface area contributed by atoms with Gasteiger partial charge in [-0.2, -0.15) is 5.26 Å². The first-order valence-corrected chi connectivity index (χ1v) is 5.51. The molecule has 17 heavy (non-hydrogen) atoms. The maximum absolute atomic E-state index is 8.81. The van der Waals surface area contributed by atoms with Crippen molar-refractivity contribution in [1.82, 2.24) is 0 Å². The van der Waals surface area contributed by atoms with E-state index in [0.717, 1.165) is 11.3 Å². The zero-order valence-corrected chi connectivity index (χ0v) is 9.63. The number of nitriles is 1. The van der Waals surface area contributed by atoms with Gasteiger partial charge in [-0.05, 0) is 30.7 Å². The molecule has 0 bridgehead atoms. The Hall–Kier alpha value is -2.27. The predicted octanol–water partition coefficient (Wildman–Crippen LogP) is 3.70. The molecule has 2 aromatic carbocycles. The molecule has 0 saturated heterocycles. The molecule has 2 nitrogen and oxygen atoms in total. The fraction of sp³-hybridized carbons (Fsp3) is 0.133. The molecule has 0 aliphatic rings. The van der Waals surface area contributed by atoms with Crippen LogP contribution in [0.4, 0.5) is 0 Å². The van der Waals surface area contributed by atoms with Gasteiger partial charge < -0.3 is 4.74 Å². The lowest BCUT2D eigenvalue weighted by molar-refractivity contribution is 0.227. The lowest BCUT2D eigenvalue weighted by atomic mass is 10.1. The van der Waals surface area contributed by atoms with Gasteiger partial charge in [0.15, 0.2) is 0 Å². The van der Waals surface area contributed by atoms with Crippen LogP contribution in [0.2, 0.25) is 0 Å². The van der Waals surface area contributed by atoms with Crippen LogP contribution >= 0.6 is 0 Å². The van der Waals surface area contributed by atoms with Gasteiger partial charge in [0, 0.05) is 0 Å². The molecule has 0 heterocycles. The van der Waals surface area contributed by atoms with Gasteiger partial charge in [-0.15, -0.1) is 0 Å². The number of rotatable bonds is 3. The highest BCUT2D eigenvalue weighted by Gasteiger charge is 2.06. The Balaban J connectivity index is 2.13. The van der Waals surface area contributed by atoms with E-state index in [0.29, 0.717) is 5.56 Å². The summed E-state index contributed by atoms with van der Waals surface area (Å²) in [6.45, 7) is 1.99. The Morgan fingerprint density at radius 2 is 1.82 bits per heavy atom. The van der Waals surface area contributed by atoms with E-state index in [1.165, 1.54) is 0 Å². The molecule has 0 aliphatic heterocycles. The molecule has 0 spiro atoms. The van der Waals surface area contributed by atoms with E-state index < -0.39 is 0 Å². The number of benzene rings is 2. The Bertz CT molecular complexity index is 528. The third-order valence-corrected chi connectivity index (χ3v) is 2.54. The second-order valence-corrected chi connectivity index (χ2v) is 3.81. The van der Waals surface area contributed by atoms with E-state index >= 15 is 0 Å². The molecule has 0 aromatic heterocycles. The molecule has 0 saturated carbocycles. The molecular formula is C15H13NO. The van der Waals surface area contributed by atoms with E-state index in [-0.39, 0.29) is 6.10 Å². The molecule has 0 fully saturated rings. The third-order valence-electron chi connectivity index (χ3n) is 2.54. The first-order chi connectivity index (χ1) is 8.29. The number of ether oxygens (including phenoxy) is 1. The van der Waals surface area contributed by atoms with E-state index in [1.54, 1.807) is 12.1 Å². The van der Waals surface area contributed by atoms with Gasteiger partial charge in [0.2, 0.25) is 0 Å². The van der Waals surface area contributed by atoms with Crippen molar-refractivity contribution in [2.24, 2.45) is 0 Å². The summed E-state index contributed by atoms with van der Waals surface area (Å²) in [5.74, 6) is 0.723. The Labute approximate surface area is 101 Å². The van der Waals surface area contributed by atoms with Crippen LogP contribution in [0.5, 0.6) is 5.75 Å². The summed E-state index contributed by atoms with van der Waals surface area (Å²) in [6.07, 6.45) is -0.0230. The molecule has 2 aromatic rings. The standard InChI is InChI=1S/C15H13NO/c1-12(14-7-3-2-4-8-14)17-15-9-5-6-13(10-15)11-16/h2-10,12H,1H3. The second-order valence-electron chi connectivity index (χ2n) is 3.81. The summed E-state index contributed by atoms with van der Waals surface area (Å²) in [5, 5.41) is 8.81. The fourth-order valence-electron chi connectivity index (χ4n) is 1.64. The molecule has 0 aliphatic carbocycles. The van der Waals surface area contributed by atoms with Gasteiger partial charge in [-0.25, -0.2) is 0 Å². The van der Waals surface area contributed by atoms with Gasteiger partial charge in [0.1, 0.15) is 11.9 Å². The van der Waals surface area contributed by atoms with Gasteiger partial charge in [-0.3, -0.25) is 0 Å². The Morgan fingerprint density at radius 1 is 1.06 bits per heavy atom. The average molecular weight is 223 g/mol. The SMILES string of the molecule is CC(Oc1cccc(C#N)c1)c1ccccc1.